The summed E-state index contributed by atoms with van der Waals surface area (Å²) in [6, 6.07) is 9.27. The molecule has 0 bridgehead atoms. The largest absolute Gasteiger partial charge is 0.478 e. The van der Waals surface area contributed by atoms with Gasteiger partial charge in [-0.1, -0.05) is 17.7 Å². The van der Waals surface area contributed by atoms with E-state index in [2.05, 4.69) is 4.98 Å². The third-order valence-corrected chi connectivity index (χ3v) is 3.63. The Bertz CT molecular complexity index is 888. The SMILES string of the molecule is Cc1cc(F)cc(-c2cnc3ccc(Cl)cc3c2C(=O)O)c1. The van der Waals surface area contributed by atoms with Gasteiger partial charge in [0.05, 0.1) is 11.1 Å². The van der Waals surface area contributed by atoms with Crippen molar-refractivity contribution >= 4 is 28.5 Å². The van der Waals surface area contributed by atoms with Gasteiger partial charge in [-0.25, -0.2) is 9.18 Å². The number of carbonyl (C=O) groups is 1. The van der Waals surface area contributed by atoms with Crippen LogP contribution < -0.4 is 0 Å². The quantitative estimate of drug-likeness (QED) is 0.745. The molecule has 2 aromatic carbocycles. The van der Waals surface area contributed by atoms with E-state index in [1.807, 2.05) is 0 Å². The van der Waals surface area contributed by atoms with Crippen LogP contribution in [0.3, 0.4) is 0 Å². The third kappa shape index (κ3) is 2.53. The van der Waals surface area contributed by atoms with Crippen molar-refractivity contribution in [3.8, 4) is 11.1 Å². The minimum atomic E-state index is -1.11. The molecule has 0 fully saturated rings. The van der Waals surface area contributed by atoms with Gasteiger partial charge in [-0.15, -0.1) is 0 Å². The van der Waals surface area contributed by atoms with Crippen LogP contribution in [0.5, 0.6) is 0 Å². The lowest BCUT2D eigenvalue weighted by molar-refractivity contribution is 0.0700. The molecule has 1 heterocycles. The van der Waals surface area contributed by atoms with Crippen molar-refractivity contribution in [3.63, 3.8) is 0 Å². The molecule has 3 nitrogen and oxygen atoms in total. The van der Waals surface area contributed by atoms with Gasteiger partial charge in [-0.3, -0.25) is 4.98 Å². The Morgan fingerprint density at radius 2 is 2.00 bits per heavy atom. The zero-order chi connectivity index (χ0) is 15.9. The molecule has 0 aliphatic heterocycles. The highest BCUT2D eigenvalue weighted by Gasteiger charge is 2.17. The summed E-state index contributed by atoms with van der Waals surface area (Å²) in [5, 5.41) is 10.4. The van der Waals surface area contributed by atoms with Crippen LogP contribution in [0.2, 0.25) is 5.02 Å². The van der Waals surface area contributed by atoms with Crippen LogP contribution in [0, 0.1) is 12.7 Å². The van der Waals surface area contributed by atoms with Crippen LogP contribution in [0.1, 0.15) is 15.9 Å². The second-order valence-corrected chi connectivity index (χ2v) is 5.47. The van der Waals surface area contributed by atoms with Crippen LogP contribution in [0.4, 0.5) is 4.39 Å². The number of fused-ring (bicyclic) bond motifs is 1. The molecular formula is C17H11ClFNO2. The number of aromatic nitrogens is 1. The molecule has 110 valence electrons. The smallest absolute Gasteiger partial charge is 0.337 e. The lowest BCUT2D eigenvalue weighted by Gasteiger charge is -2.10. The Balaban J connectivity index is 2.38. The first-order valence-corrected chi connectivity index (χ1v) is 6.92. The van der Waals surface area contributed by atoms with Gasteiger partial charge < -0.3 is 5.11 Å². The predicted molar refractivity (Wildman–Crippen MR) is 83.8 cm³/mol. The van der Waals surface area contributed by atoms with Crippen LogP contribution in [0.15, 0.2) is 42.6 Å². The number of rotatable bonds is 2. The maximum atomic E-state index is 13.6. The van der Waals surface area contributed by atoms with E-state index < -0.39 is 11.8 Å². The average molecular weight is 316 g/mol. The Morgan fingerprint density at radius 3 is 2.68 bits per heavy atom. The fraction of sp³-hybridized carbons (Fsp3) is 0.0588. The first-order chi connectivity index (χ1) is 10.5. The topological polar surface area (TPSA) is 50.2 Å². The maximum Gasteiger partial charge on any atom is 0.337 e. The van der Waals surface area contributed by atoms with Gasteiger partial charge in [0.15, 0.2) is 0 Å². The summed E-state index contributed by atoms with van der Waals surface area (Å²) in [5.74, 6) is -1.52. The molecule has 0 spiro atoms. The summed E-state index contributed by atoms with van der Waals surface area (Å²) < 4.78 is 13.6. The molecule has 3 rings (SSSR count). The fourth-order valence-corrected chi connectivity index (χ4v) is 2.68. The van der Waals surface area contributed by atoms with E-state index in [1.165, 1.54) is 18.3 Å². The van der Waals surface area contributed by atoms with Crippen molar-refractivity contribution in [1.82, 2.24) is 4.98 Å². The molecule has 3 aromatic rings. The van der Waals surface area contributed by atoms with Gasteiger partial charge in [0, 0.05) is 22.2 Å². The maximum absolute atomic E-state index is 13.6. The second kappa shape index (κ2) is 5.39. The highest BCUT2D eigenvalue weighted by molar-refractivity contribution is 6.31. The fourth-order valence-electron chi connectivity index (χ4n) is 2.51. The number of halogens is 2. The summed E-state index contributed by atoms with van der Waals surface area (Å²) >= 11 is 5.96. The molecule has 0 atom stereocenters. The third-order valence-electron chi connectivity index (χ3n) is 3.40. The van der Waals surface area contributed by atoms with Crippen molar-refractivity contribution in [2.45, 2.75) is 6.92 Å². The first kappa shape index (κ1) is 14.5. The van der Waals surface area contributed by atoms with E-state index in [1.54, 1.807) is 31.2 Å². The van der Waals surface area contributed by atoms with Gasteiger partial charge in [0.25, 0.3) is 0 Å². The molecule has 22 heavy (non-hydrogen) atoms. The number of pyridine rings is 1. The monoisotopic (exact) mass is 315 g/mol. The predicted octanol–water partition coefficient (Wildman–Crippen LogP) is 4.70. The van der Waals surface area contributed by atoms with Crippen molar-refractivity contribution in [3.05, 3.63) is 64.6 Å². The van der Waals surface area contributed by atoms with Crippen molar-refractivity contribution in [2.75, 3.05) is 0 Å². The van der Waals surface area contributed by atoms with Crippen LogP contribution in [-0.2, 0) is 0 Å². The van der Waals surface area contributed by atoms with Gasteiger partial charge >= 0.3 is 5.97 Å². The van der Waals surface area contributed by atoms with E-state index >= 15 is 0 Å². The Kier molecular flexibility index (Phi) is 3.54. The zero-order valence-corrected chi connectivity index (χ0v) is 12.4. The molecule has 0 saturated carbocycles. The summed E-state index contributed by atoms with van der Waals surface area (Å²) in [5.41, 5.74) is 2.14. The summed E-state index contributed by atoms with van der Waals surface area (Å²) in [7, 11) is 0. The molecule has 0 amide bonds. The van der Waals surface area contributed by atoms with E-state index in [4.69, 9.17) is 11.6 Å². The Hall–Kier alpha value is -2.46. The summed E-state index contributed by atoms with van der Waals surface area (Å²) in [6.45, 7) is 1.75. The standard InChI is InChI=1S/C17H11ClFNO2/c1-9-4-10(6-12(19)5-9)14-8-20-15-3-2-11(18)7-13(15)16(14)17(21)22/h2-8H,1H3,(H,21,22). The van der Waals surface area contributed by atoms with Gasteiger partial charge in [-0.2, -0.15) is 0 Å². The zero-order valence-electron chi connectivity index (χ0n) is 11.6. The Labute approximate surface area is 131 Å². The molecule has 0 aliphatic carbocycles. The van der Waals surface area contributed by atoms with Crippen molar-refractivity contribution in [1.29, 1.82) is 0 Å². The van der Waals surface area contributed by atoms with Gasteiger partial charge in [0.2, 0.25) is 0 Å². The van der Waals surface area contributed by atoms with Crippen molar-refractivity contribution < 1.29 is 14.3 Å². The normalized spacial score (nSPS) is 10.9. The van der Waals surface area contributed by atoms with E-state index in [9.17, 15) is 14.3 Å². The number of benzene rings is 2. The second-order valence-electron chi connectivity index (χ2n) is 5.03. The van der Waals surface area contributed by atoms with Gasteiger partial charge in [0.1, 0.15) is 5.82 Å². The molecule has 0 unspecified atom stereocenters. The number of hydrogen-bond donors (Lipinski definition) is 1. The lowest BCUT2D eigenvalue weighted by Crippen LogP contribution is -2.02. The molecule has 1 aromatic heterocycles. The lowest BCUT2D eigenvalue weighted by atomic mass is 9.96. The van der Waals surface area contributed by atoms with Crippen molar-refractivity contribution in [2.24, 2.45) is 0 Å². The molecule has 0 saturated heterocycles. The molecule has 1 N–H and O–H groups in total. The minimum absolute atomic E-state index is 0.0671. The van der Waals surface area contributed by atoms with E-state index in [0.717, 1.165) is 0 Å². The first-order valence-electron chi connectivity index (χ1n) is 6.55. The number of hydrogen-bond acceptors (Lipinski definition) is 2. The van der Waals surface area contributed by atoms with Crippen LogP contribution in [0.25, 0.3) is 22.0 Å². The number of aryl methyl sites for hydroxylation is 1. The number of carboxylic acids is 1. The number of carboxylic acid groups (broad SMARTS) is 1. The number of aromatic carboxylic acids is 1. The molecule has 0 aliphatic rings. The summed E-state index contributed by atoms with van der Waals surface area (Å²) in [4.78, 5) is 16.0. The Morgan fingerprint density at radius 1 is 1.23 bits per heavy atom. The number of nitrogens with zero attached hydrogens (tertiary/aromatic N) is 1. The van der Waals surface area contributed by atoms with E-state index in [-0.39, 0.29) is 5.56 Å². The van der Waals surface area contributed by atoms with Gasteiger partial charge in [-0.05, 0) is 48.4 Å². The average Bonchev–Trinajstić information content (AvgIpc) is 2.44. The highest BCUT2D eigenvalue weighted by Crippen LogP contribution is 2.31. The summed E-state index contributed by atoms with van der Waals surface area (Å²) in [6.07, 6.45) is 1.45. The minimum Gasteiger partial charge on any atom is -0.478 e. The van der Waals surface area contributed by atoms with Crippen LogP contribution in [-0.4, -0.2) is 16.1 Å². The highest BCUT2D eigenvalue weighted by atomic mass is 35.5. The van der Waals surface area contributed by atoms with E-state index in [0.29, 0.717) is 32.6 Å². The molecular weight excluding hydrogens is 305 g/mol. The molecule has 0 radical (unpaired) electrons. The van der Waals surface area contributed by atoms with Crippen LogP contribution >= 0.6 is 11.6 Å². The molecule has 5 heteroatoms.